The van der Waals surface area contributed by atoms with E-state index in [1.54, 1.807) is 25.7 Å². The van der Waals surface area contributed by atoms with E-state index in [9.17, 15) is 0 Å². The molecule has 0 amide bonds. The summed E-state index contributed by atoms with van der Waals surface area (Å²) in [5.74, 6) is 12.8. The third kappa shape index (κ3) is 0.349. The fraction of sp³-hybridized carbons (Fsp3) is 1.00. The minimum Gasteiger partial charge on any atom is -0.0467 e. The Morgan fingerprint density at radius 3 is 2.60 bits per heavy atom. The topological polar surface area (TPSA) is 0 Å². The van der Waals surface area contributed by atoms with Crippen molar-refractivity contribution in [3.63, 3.8) is 0 Å². The monoisotopic (exact) mass is 198 g/mol. The van der Waals surface area contributed by atoms with E-state index in [1.165, 1.54) is 59.2 Å². The molecule has 78 valence electrons. The van der Waals surface area contributed by atoms with Crippen LogP contribution in [0.3, 0.4) is 0 Å². The predicted octanol–water partition coefficient (Wildman–Crippen LogP) is 2.79. The Bertz CT molecular complexity index is 420. The molecule has 7 aliphatic carbocycles. The van der Waals surface area contributed by atoms with Crippen LogP contribution in [0.4, 0.5) is 0 Å². The molecule has 15 heavy (non-hydrogen) atoms. The fourth-order valence-electron chi connectivity index (χ4n) is 9.05. The second-order valence-corrected chi connectivity index (χ2v) is 8.20. The zero-order valence-corrected chi connectivity index (χ0v) is 9.10. The highest BCUT2D eigenvalue weighted by Gasteiger charge is 2.91. The lowest BCUT2D eigenvalue weighted by molar-refractivity contribution is -0.451. The smallest absolute Gasteiger partial charge is 0.0175 e. The summed E-state index contributed by atoms with van der Waals surface area (Å²) in [5, 5.41) is 0. The lowest BCUT2D eigenvalue weighted by Crippen LogP contribution is -2.88. The van der Waals surface area contributed by atoms with Gasteiger partial charge in [-0.25, -0.2) is 0 Å². The van der Waals surface area contributed by atoms with Gasteiger partial charge in [-0.15, -0.1) is 0 Å². The molecule has 0 heterocycles. The summed E-state index contributed by atoms with van der Waals surface area (Å²) in [7, 11) is 0. The maximum absolute atomic E-state index is 1.70. The van der Waals surface area contributed by atoms with E-state index >= 15 is 0 Å². The molecule has 0 heteroatoms. The molecule has 11 unspecified atom stereocenters. The summed E-state index contributed by atoms with van der Waals surface area (Å²) in [6.07, 6.45) is 6.73. The van der Waals surface area contributed by atoms with Crippen molar-refractivity contribution in [3.8, 4) is 0 Å². The maximum atomic E-state index is 1.70. The molecule has 0 aliphatic heterocycles. The summed E-state index contributed by atoms with van der Waals surface area (Å²) in [4.78, 5) is 0. The van der Waals surface area contributed by atoms with Gasteiger partial charge >= 0.3 is 0 Å². The zero-order valence-electron chi connectivity index (χ0n) is 9.10. The van der Waals surface area contributed by atoms with Crippen LogP contribution in [0, 0.1) is 64.6 Å². The van der Waals surface area contributed by atoms with Crippen LogP contribution >= 0.6 is 0 Å². The van der Waals surface area contributed by atoms with Gasteiger partial charge in [0.05, 0.1) is 0 Å². The third-order valence-corrected chi connectivity index (χ3v) is 9.06. The molecule has 0 aromatic rings. The van der Waals surface area contributed by atoms with Crippen molar-refractivity contribution in [3.05, 3.63) is 0 Å². The summed E-state index contributed by atoms with van der Waals surface area (Å²) in [5.41, 5.74) is 1.04. The largest absolute Gasteiger partial charge is 0.0467 e. The highest BCUT2D eigenvalue weighted by atomic mass is 15.0. The lowest BCUT2D eigenvalue weighted by Gasteiger charge is -2.92. The Kier molecular flexibility index (Phi) is 0.657. The molecular weight excluding hydrogens is 180 g/mol. The normalized spacial score (nSPS) is 91.2. The molecule has 0 saturated heterocycles. The van der Waals surface area contributed by atoms with Crippen molar-refractivity contribution in [1.82, 2.24) is 0 Å². The average Bonchev–Trinajstić information content (AvgIpc) is 2.23. The molecule has 11 atom stereocenters. The van der Waals surface area contributed by atoms with E-state index in [0.717, 1.165) is 5.41 Å². The number of rotatable bonds is 0. The molecule has 0 aromatic carbocycles. The van der Waals surface area contributed by atoms with Crippen molar-refractivity contribution >= 4 is 0 Å². The molecule has 7 rings (SSSR count). The van der Waals surface area contributed by atoms with Crippen LogP contribution in [-0.2, 0) is 0 Å². The van der Waals surface area contributed by atoms with Crippen LogP contribution in [-0.4, -0.2) is 0 Å². The fourth-order valence-corrected chi connectivity index (χ4v) is 9.05. The summed E-state index contributed by atoms with van der Waals surface area (Å²) < 4.78 is 0. The van der Waals surface area contributed by atoms with Crippen molar-refractivity contribution in [2.75, 3.05) is 0 Å². The van der Waals surface area contributed by atoms with E-state index in [-0.39, 0.29) is 0 Å². The minimum atomic E-state index is 1.04. The van der Waals surface area contributed by atoms with Gasteiger partial charge in [-0.1, -0.05) is 0 Å². The Hall–Kier alpha value is 0. The van der Waals surface area contributed by atoms with E-state index in [4.69, 9.17) is 0 Å². The molecule has 0 aromatic heterocycles. The van der Waals surface area contributed by atoms with E-state index in [2.05, 4.69) is 0 Å². The van der Waals surface area contributed by atoms with E-state index in [1.807, 2.05) is 0 Å². The summed E-state index contributed by atoms with van der Waals surface area (Å²) in [6.45, 7) is 0. The second-order valence-electron chi connectivity index (χ2n) is 8.20. The Morgan fingerprint density at radius 1 is 0.733 bits per heavy atom. The molecule has 0 nitrogen and oxygen atoms in total. The first kappa shape index (κ1) is 6.67. The van der Waals surface area contributed by atoms with Gasteiger partial charge in [0, 0.05) is 0 Å². The molecule has 0 bridgehead atoms. The Balaban J connectivity index is 1.51. The standard InChI is InChI=1S/C15H18/c1-5-2-8-10(5)13-11(8)12-9-4-7-3-6(1)15(7,9)14(12)13/h5-14H,1-4H2. The van der Waals surface area contributed by atoms with E-state index in [0.29, 0.717) is 0 Å². The van der Waals surface area contributed by atoms with Crippen LogP contribution in [0.5, 0.6) is 0 Å². The quantitative estimate of drug-likeness (QED) is 0.561. The van der Waals surface area contributed by atoms with Crippen molar-refractivity contribution in [2.24, 2.45) is 64.6 Å². The first-order chi connectivity index (χ1) is 7.42. The van der Waals surface area contributed by atoms with Gasteiger partial charge in [-0.05, 0) is 90.3 Å². The molecule has 7 fully saturated rings. The van der Waals surface area contributed by atoms with Gasteiger partial charge in [0.2, 0.25) is 0 Å². The Labute approximate surface area is 90.8 Å². The highest BCUT2D eigenvalue weighted by molar-refractivity contribution is 5.38. The van der Waals surface area contributed by atoms with Gasteiger partial charge in [0.1, 0.15) is 0 Å². The maximum Gasteiger partial charge on any atom is -0.0175 e. The minimum absolute atomic E-state index is 1.04. The van der Waals surface area contributed by atoms with Crippen LogP contribution in [0.25, 0.3) is 0 Å². The third-order valence-electron chi connectivity index (χ3n) is 9.06. The second kappa shape index (κ2) is 1.48. The predicted molar refractivity (Wildman–Crippen MR) is 55.8 cm³/mol. The molecule has 0 N–H and O–H groups in total. The van der Waals surface area contributed by atoms with Crippen molar-refractivity contribution in [1.29, 1.82) is 0 Å². The van der Waals surface area contributed by atoms with Crippen LogP contribution in [0.1, 0.15) is 25.7 Å². The van der Waals surface area contributed by atoms with Crippen LogP contribution in [0.2, 0.25) is 0 Å². The van der Waals surface area contributed by atoms with Crippen molar-refractivity contribution in [2.45, 2.75) is 25.7 Å². The number of hydrogen-bond acceptors (Lipinski definition) is 0. The van der Waals surface area contributed by atoms with Gasteiger partial charge in [0.25, 0.3) is 0 Å². The molecule has 1 spiro atoms. The van der Waals surface area contributed by atoms with Gasteiger partial charge in [0.15, 0.2) is 0 Å². The lowest BCUT2D eigenvalue weighted by atomic mass is 9.12. The van der Waals surface area contributed by atoms with E-state index < -0.39 is 0 Å². The number of fused-ring (bicyclic) bond motifs is 3. The average molecular weight is 198 g/mol. The zero-order chi connectivity index (χ0) is 9.10. The van der Waals surface area contributed by atoms with Crippen LogP contribution in [0.15, 0.2) is 0 Å². The van der Waals surface area contributed by atoms with Gasteiger partial charge in [-0.3, -0.25) is 0 Å². The first-order valence-corrected chi connectivity index (χ1v) is 7.42. The summed E-state index contributed by atoms with van der Waals surface area (Å²) >= 11 is 0. The molecule has 7 saturated carbocycles. The summed E-state index contributed by atoms with van der Waals surface area (Å²) in [6, 6.07) is 0. The first-order valence-electron chi connectivity index (χ1n) is 7.42. The molecular formula is C15H18. The van der Waals surface area contributed by atoms with Crippen LogP contribution < -0.4 is 0 Å². The molecule has 0 radical (unpaired) electrons. The highest BCUT2D eigenvalue weighted by Crippen LogP contribution is 2.96. The van der Waals surface area contributed by atoms with Gasteiger partial charge in [-0.2, -0.15) is 0 Å². The van der Waals surface area contributed by atoms with Crippen molar-refractivity contribution < 1.29 is 0 Å². The number of hydrogen-bond donors (Lipinski definition) is 0. The molecule has 7 aliphatic rings. The Morgan fingerprint density at radius 2 is 1.67 bits per heavy atom. The van der Waals surface area contributed by atoms with Gasteiger partial charge < -0.3 is 0 Å². The SMILES string of the molecule is C1C2CC3CC4CC5C6C7C1C2C7C6C345.